The van der Waals surface area contributed by atoms with Gasteiger partial charge in [-0.05, 0) is 42.0 Å². The number of thiocarbonyl (C=S) groups is 1. The number of hydrogen-bond donors (Lipinski definition) is 1. The van der Waals surface area contributed by atoms with E-state index in [-0.39, 0.29) is 6.17 Å². The van der Waals surface area contributed by atoms with Gasteiger partial charge in [0.05, 0.1) is 12.7 Å². The van der Waals surface area contributed by atoms with Crippen molar-refractivity contribution in [3.63, 3.8) is 0 Å². The molecule has 24 heavy (non-hydrogen) atoms. The van der Waals surface area contributed by atoms with E-state index in [0.29, 0.717) is 10.9 Å². The zero-order valence-electron chi connectivity index (χ0n) is 12.7. The number of ether oxygens (including phenoxy) is 2. The highest BCUT2D eigenvalue weighted by molar-refractivity contribution is 9.10. The summed E-state index contributed by atoms with van der Waals surface area (Å²) >= 11 is 8.99. The molecule has 2 aliphatic heterocycles. The molecule has 1 unspecified atom stereocenters. The molecule has 0 radical (unpaired) electrons. The molecule has 0 amide bonds. The standard InChI is InChI=1S/C18H13BrN2O2S/c1-22-13-5-2-10(3-6-13)16-20-17-14(18(24)21-16)9-11-8-12(19)4-7-15(11)23-17/h2-9,16H,1H3,(H,21,24). The largest absolute Gasteiger partial charge is 0.497 e. The molecule has 0 fully saturated rings. The van der Waals surface area contributed by atoms with Gasteiger partial charge < -0.3 is 14.8 Å². The van der Waals surface area contributed by atoms with E-state index in [4.69, 9.17) is 21.7 Å². The Bertz CT molecular complexity index is 890. The average Bonchev–Trinajstić information content (AvgIpc) is 2.60. The zero-order chi connectivity index (χ0) is 16.7. The minimum Gasteiger partial charge on any atom is -0.497 e. The number of nitrogens with zero attached hydrogens (tertiary/aromatic N) is 1. The first-order valence-corrected chi connectivity index (χ1v) is 8.56. The van der Waals surface area contributed by atoms with Crippen molar-refractivity contribution >= 4 is 45.1 Å². The summed E-state index contributed by atoms with van der Waals surface area (Å²) < 4.78 is 12.2. The van der Waals surface area contributed by atoms with E-state index >= 15 is 0 Å². The van der Waals surface area contributed by atoms with E-state index < -0.39 is 0 Å². The first kappa shape index (κ1) is 15.4. The summed E-state index contributed by atoms with van der Waals surface area (Å²) in [5, 5.41) is 3.26. The van der Waals surface area contributed by atoms with Crippen LogP contribution >= 0.6 is 28.1 Å². The maximum atomic E-state index is 5.97. The Morgan fingerprint density at radius 1 is 1.21 bits per heavy atom. The Morgan fingerprint density at radius 3 is 2.75 bits per heavy atom. The van der Waals surface area contributed by atoms with Crippen LogP contribution in [0.4, 0.5) is 0 Å². The predicted molar refractivity (Wildman–Crippen MR) is 102 cm³/mol. The number of benzene rings is 2. The maximum absolute atomic E-state index is 5.97. The third-order valence-corrected chi connectivity index (χ3v) is 4.73. The van der Waals surface area contributed by atoms with Gasteiger partial charge in [-0.3, -0.25) is 0 Å². The lowest BCUT2D eigenvalue weighted by Gasteiger charge is -2.28. The topological polar surface area (TPSA) is 42.9 Å². The number of fused-ring (bicyclic) bond motifs is 2. The second-order valence-corrected chi connectivity index (χ2v) is 6.75. The van der Waals surface area contributed by atoms with Gasteiger partial charge in [-0.1, -0.05) is 40.3 Å². The smallest absolute Gasteiger partial charge is 0.227 e. The van der Waals surface area contributed by atoms with E-state index in [2.05, 4.69) is 26.2 Å². The minimum atomic E-state index is -0.271. The highest BCUT2D eigenvalue weighted by Crippen LogP contribution is 2.33. The first-order chi connectivity index (χ1) is 11.6. The van der Waals surface area contributed by atoms with Crippen LogP contribution in [-0.2, 0) is 0 Å². The molecule has 2 heterocycles. The van der Waals surface area contributed by atoms with Crippen LogP contribution in [0, 0.1) is 0 Å². The quantitative estimate of drug-likeness (QED) is 0.764. The van der Waals surface area contributed by atoms with Gasteiger partial charge in [0.25, 0.3) is 0 Å². The molecule has 2 aromatic rings. The van der Waals surface area contributed by atoms with Crippen molar-refractivity contribution in [2.45, 2.75) is 6.17 Å². The maximum Gasteiger partial charge on any atom is 0.227 e. The van der Waals surface area contributed by atoms with Crippen molar-refractivity contribution in [3.8, 4) is 11.5 Å². The highest BCUT2D eigenvalue weighted by atomic mass is 79.9. The lowest BCUT2D eigenvalue weighted by Crippen LogP contribution is -2.38. The van der Waals surface area contributed by atoms with Crippen molar-refractivity contribution < 1.29 is 9.47 Å². The third-order valence-electron chi connectivity index (χ3n) is 3.90. The summed E-state index contributed by atoms with van der Waals surface area (Å²) in [5.74, 6) is 2.13. The van der Waals surface area contributed by atoms with Gasteiger partial charge in [-0.25, -0.2) is 4.99 Å². The van der Waals surface area contributed by atoms with E-state index in [1.54, 1.807) is 7.11 Å². The van der Waals surface area contributed by atoms with Gasteiger partial charge in [0.1, 0.15) is 22.7 Å². The monoisotopic (exact) mass is 400 g/mol. The normalized spacial score (nSPS) is 18.4. The van der Waals surface area contributed by atoms with Gasteiger partial charge >= 0.3 is 0 Å². The second kappa shape index (κ2) is 6.03. The number of halogens is 1. The number of hydrogen-bond acceptors (Lipinski definition) is 4. The number of nitrogens with one attached hydrogen (secondary N) is 1. The van der Waals surface area contributed by atoms with E-state index in [9.17, 15) is 0 Å². The van der Waals surface area contributed by atoms with Crippen molar-refractivity contribution in [1.82, 2.24) is 5.32 Å². The van der Waals surface area contributed by atoms with Crippen LogP contribution in [0.5, 0.6) is 11.5 Å². The van der Waals surface area contributed by atoms with Crippen LogP contribution in [0.25, 0.3) is 6.08 Å². The number of aliphatic imine (C=N–C) groups is 1. The Hall–Kier alpha value is -2.18. The molecule has 120 valence electrons. The summed E-state index contributed by atoms with van der Waals surface area (Å²) in [7, 11) is 1.64. The van der Waals surface area contributed by atoms with Crippen LogP contribution in [0.3, 0.4) is 0 Å². The Morgan fingerprint density at radius 2 is 2.00 bits per heavy atom. The van der Waals surface area contributed by atoms with Gasteiger partial charge in [0, 0.05) is 10.0 Å². The number of rotatable bonds is 2. The predicted octanol–water partition coefficient (Wildman–Crippen LogP) is 4.26. The van der Waals surface area contributed by atoms with E-state index in [0.717, 1.165) is 32.7 Å². The van der Waals surface area contributed by atoms with Crippen LogP contribution in [-0.4, -0.2) is 18.0 Å². The summed E-state index contributed by atoms with van der Waals surface area (Å²) in [5.41, 5.74) is 2.78. The molecule has 0 aliphatic carbocycles. The lowest BCUT2D eigenvalue weighted by molar-refractivity contribution is 0.414. The van der Waals surface area contributed by atoms with Crippen molar-refractivity contribution in [2.75, 3.05) is 7.11 Å². The molecular weight excluding hydrogens is 388 g/mol. The molecule has 2 aromatic carbocycles. The highest BCUT2D eigenvalue weighted by Gasteiger charge is 2.29. The molecular formula is C18H13BrN2O2S. The third kappa shape index (κ3) is 2.72. The second-order valence-electron chi connectivity index (χ2n) is 5.43. The molecule has 0 aromatic heterocycles. The first-order valence-electron chi connectivity index (χ1n) is 7.36. The lowest BCUT2D eigenvalue weighted by atomic mass is 10.0. The fourth-order valence-corrected chi connectivity index (χ4v) is 3.29. The molecule has 4 rings (SSSR count). The molecule has 0 saturated heterocycles. The van der Waals surface area contributed by atoms with E-state index in [1.807, 2.05) is 48.5 Å². The molecule has 6 heteroatoms. The fourth-order valence-electron chi connectivity index (χ4n) is 2.66. The summed E-state index contributed by atoms with van der Waals surface area (Å²) in [6, 6.07) is 13.6. The molecule has 1 atom stereocenters. The summed E-state index contributed by atoms with van der Waals surface area (Å²) in [6.45, 7) is 0. The summed E-state index contributed by atoms with van der Waals surface area (Å²) in [6.07, 6.45) is 1.73. The Kier molecular flexibility index (Phi) is 3.86. The van der Waals surface area contributed by atoms with Crippen molar-refractivity contribution in [1.29, 1.82) is 0 Å². The van der Waals surface area contributed by atoms with E-state index in [1.165, 1.54) is 0 Å². The van der Waals surface area contributed by atoms with Crippen LogP contribution in [0.1, 0.15) is 17.3 Å². The molecule has 1 N–H and O–H groups in total. The van der Waals surface area contributed by atoms with Crippen LogP contribution < -0.4 is 14.8 Å². The average molecular weight is 401 g/mol. The molecule has 4 nitrogen and oxygen atoms in total. The summed E-state index contributed by atoms with van der Waals surface area (Å²) in [4.78, 5) is 5.31. The zero-order valence-corrected chi connectivity index (χ0v) is 15.1. The molecule has 2 aliphatic rings. The van der Waals surface area contributed by atoms with Gasteiger partial charge in [-0.2, -0.15) is 0 Å². The molecule has 0 bridgehead atoms. The van der Waals surface area contributed by atoms with Crippen LogP contribution in [0.2, 0.25) is 0 Å². The van der Waals surface area contributed by atoms with Gasteiger partial charge in [0.2, 0.25) is 5.90 Å². The van der Waals surface area contributed by atoms with Gasteiger partial charge in [0.15, 0.2) is 0 Å². The molecule has 0 saturated carbocycles. The van der Waals surface area contributed by atoms with Gasteiger partial charge in [-0.15, -0.1) is 0 Å². The Balaban J connectivity index is 1.71. The fraction of sp³-hybridized carbons (Fsp3) is 0.111. The Labute approximate surface area is 153 Å². The number of methoxy groups -OCH3 is 1. The SMILES string of the molecule is COc1ccc(C2N=C3Oc4ccc(Br)cc4C=C3C(=S)N2)cc1. The minimum absolute atomic E-state index is 0.271. The van der Waals surface area contributed by atoms with Crippen molar-refractivity contribution in [2.24, 2.45) is 4.99 Å². The van der Waals surface area contributed by atoms with Crippen molar-refractivity contribution in [3.05, 3.63) is 63.6 Å². The van der Waals surface area contributed by atoms with Crippen LogP contribution in [0.15, 0.2) is 57.5 Å². The molecule has 0 spiro atoms.